The number of carbonyl (C=O) groups excluding carboxylic acids is 1. The van der Waals surface area contributed by atoms with E-state index in [9.17, 15) is 41.4 Å². The van der Waals surface area contributed by atoms with Crippen LogP contribution in [0.1, 0.15) is 36.1 Å². The van der Waals surface area contributed by atoms with Gasteiger partial charge in [-0.05, 0) is 61.7 Å². The zero-order valence-corrected chi connectivity index (χ0v) is 27.2. The summed E-state index contributed by atoms with van der Waals surface area (Å²) in [7, 11) is 1.38. The third-order valence-corrected chi connectivity index (χ3v) is 7.45. The molecule has 15 heteroatoms. The van der Waals surface area contributed by atoms with E-state index in [0.717, 1.165) is 10.5 Å². The molecule has 3 aromatic rings. The summed E-state index contributed by atoms with van der Waals surface area (Å²) in [4.78, 5) is 21.0. The second-order valence-corrected chi connectivity index (χ2v) is 11.3. The van der Waals surface area contributed by atoms with Crippen molar-refractivity contribution >= 4 is 17.4 Å². The number of pyridine rings is 1. The molecular weight excluding hydrogens is 646 g/mol. The molecule has 0 atom stereocenters. The lowest BCUT2D eigenvalue weighted by atomic mass is 9.81. The number of aliphatic hydroxyl groups is 4. The Labute approximate surface area is 275 Å². The first-order valence-corrected chi connectivity index (χ1v) is 15.0. The monoisotopic (exact) mass is 688 g/mol. The van der Waals surface area contributed by atoms with Crippen molar-refractivity contribution in [2.75, 3.05) is 69.5 Å². The fourth-order valence-electron chi connectivity index (χ4n) is 4.80. The summed E-state index contributed by atoms with van der Waals surface area (Å²) < 4.78 is 81.2. The number of rotatable bonds is 13. The molecule has 1 aromatic heterocycles. The number of nitrogens with zero attached hydrogens (tertiary/aromatic N) is 3. The predicted molar refractivity (Wildman–Crippen MR) is 171 cm³/mol. The lowest BCUT2D eigenvalue weighted by Gasteiger charge is -2.32. The van der Waals surface area contributed by atoms with Gasteiger partial charge in [0.25, 0.3) is 0 Å². The number of nitrogens with one attached hydrogen (secondary N) is 1. The topological polar surface area (TPSA) is 129 Å². The van der Waals surface area contributed by atoms with Crippen molar-refractivity contribution in [1.82, 2.24) is 10.3 Å². The average Bonchev–Trinajstić information content (AvgIpc) is 3.03. The number of hydrogen-bond donors (Lipinski definition) is 5. The van der Waals surface area contributed by atoms with E-state index in [0.29, 0.717) is 42.2 Å². The molecule has 1 amide bonds. The van der Waals surface area contributed by atoms with E-state index in [4.69, 9.17) is 10.2 Å². The molecule has 2 aromatic carbocycles. The number of carbonyl (C=O) groups is 1. The molecule has 1 heterocycles. The number of anilines is 2. The van der Waals surface area contributed by atoms with Crippen LogP contribution in [0.15, 0.2) is 54.7 Å². The summed E-state index contributed by atoms with van der Waals surface area (Å²) in [5, 5.41) is 38.0. The Bertz CT molecular complexity index is 1440. The Morgan fingerprint density at radius 3 is 1.73 bits per heavy atom. The molecule has 0 aliphatic carbocycles. The smallest absolute Gasteiger partial charge is 0.395 e. The fourth-order valence-corrected chi connectivity index (χ4v) is 4.80. The van der Waals surface area contributed by atoms with Crippen LogP contribution in [0.25, 0.3) is 11.1 Å². The number of alkyl halides is 6. The van der Waals surface area contributed by atoms with E-state index >= 15 is 0 Å². The Morgan fingerprint density at radius 2 is 1.27 bits per heavy atom. The summed E-state index contributed by atoms with van der Waals surface area (Å²) >= 11 is 0. The van der Waals surface area contributed by atoms with Crippen LogP contribution in [0.4, 0.5) is 37.8 Å². The minimum absolute atomic E-state index is 0.0250. The van der Waals surface area contributed by atoms with Crippen molar-refractivity contribution in [3.05, 3.63) is 77.0 Å². The van der Waals surface area contributed by atoms with Crippen molar-refractivity contribution in [2.45, 2.75) is 38.5 Å². The van der Waals surface area contributed by atoms with Gasteiger partial charge in [-0.2, -0.15) is 26.3 Å². The number of likely N-dealkylation sites (N-methyl/N-ethyl adjacent to an activating group) is 1. The van der Waals surface area contributed by atoms with Crippen LogP contribution >= 0.6 is 0 Å². The number of aromatic nitrogens is 1. The van der Waals surface area contributed by atoms with Gasteiger partial charge < -0.3 is 35.5 Å². The van der Waals surface area contributed by atoms with Gasteiger partial charge in [-0.25, -0.2) is 4.98 Å². The van der Waals surface area contributed by atoms with Crippen LogP contribution in [0, 0.1) is 6.92 Å². The van der Waals surface area contributed by atoms with E-state index in [-0.39, 0.29) is 51.3 Å². The summed E-state index contributed by atoms with van der Waals surface area (Å²) in [5.74, 6) is -0.375. The highest BCUT2D eigenvalue weighted by molar-refractivity contribution is 6.03. The highest BCUT2D eigenvalue weighted by atomic mass is 19.4. The summed E-state index contributed by atoms with van der Waals surface area (Å²) in [5.41, 5.74) is -2.97. The minimum atomic E-state index is -5.06. The van der Waals surface area contributed by atoms with Gasteiger partial charge >= 0.3 is 12.4 Å². The molecule has 0 bridgehead atoms. The highest BCUT2D eigenvalue weighted by Crippen LogP contribution is 2.41. The van der Waals surface area contributed by atoms with Gasteiger partial charge in [0, 0.05) is 38.8 Å². The molecule has 0 spiro atoms. The van der Waals surface area contributed by atoms with Crippen LogP contribution in [-0.4, -0.2) is 91.0 Å². The van der Waals surface area contributed by atoms with Crippen LogP contribution in [-0.2, 0) is 22.6 Å². The highest BCUT2D eigenvalue weighted by Gasteiger charge is 2.41. The van der Waals surface area contributed by atoms with E-state index in [1.165, 1.54) is 27.1 Å². The molecule has 3 rings (SSSR count). The molecule has 0 saturated heterocycles. The zero-order valence-electron chi connectivity index (χ0n) is 27.2. The van der Waals surface area contributed by atoms with Crippen molar-refractivity contribution in [2.24, 2.45) is 0 Å². The van der Waals surface area contributed by atoms with Gasteiger partial charge in [0.2, 0.25) is 5.91 Å². The Balaban J connectivity index is 0.00000103. The Kier molecular flexibility index (Phi) is 14.8. The van der Waals surface area contributed by atoms with Crippen molar-refractivity contribution in [1.29, 1.82) is 0 Å². The third kappa shape index (κ3) is 10.6. The van der Waals surface area contributed by atoms with Crippen LogP contribution in [0.2, 0.25) is 0 Å². The quantitative estimate of drug-likeness (QED) is 0.132. The minimum Gasteiger partial charge on any atom is -0.395 e. The van der Waals surface area contributed by atoms with E-state index in [1.54, 1.807) is 23.1 Å². The number of amides is 1. The maximum atomic E-state index is 13.8. The molecule has 0 aliphatic heterocycles. The maximum Gasteiger partial charge on any atom is 0.416 e. The van der Waals surface area contributed by atoms with Crippen molar-refractivity contribution < 1.29 is 51.6 Å². The maximum absolute atomic E-state index is 13.8. The number of benzene rings is 2. The molecule has 0 fully saturated rings. The van der Waals surface area contributed by atoms with Gasteiger partial charge in [0.1, 0.15) is 5.82 Å². The number of halogens is 6. The summed E-state index contributed by atoms with van der Waals surface area (Å²) in [6.45, 7) is 5.69. The van der Waals surface area contributed by atoms with Crippen LogP contribution in [0.3, 0.4) is 0 Å². The molecule has 0 saturated carbocycles. The average molecular weight is 689 g/mol. The molecule has 0 unspecified atom stereocenters. The number of aliphatic hydroxyl groups excluding tert-OH is 4. The normalized spacial score (nSPS) is 12.0. The van der Waals surface area contributed by atoms with Crippen LogP contribution < -0.4 is 15.1 Å². The summed E-state index contributed by atoms with van der Waals surface area (Å²) in [6.07, 6.45) is -8.75. The molecule has 5 N–H and O–H groups in total. The second-order valence-electron chi connectivity index (χ2n) is 11.3. The standard InChI is InChI=1S/C29H31F6N3O3.C4H11NO2/c1-18-7-5-6-8-22(18)23-16-25(38(9-11-39)10-12-40)36-17-24(23)37(4)26(41)27(2,3)19-13-20(28(30,31)32)15-21(14-19)29(33,34)35;6-3-1-5-2-4-7/h5-8,13-17,39-40H,9-12H2,1-4H3;5-7H,1-4H2. The zero-order chi connectivity index (χ0) is 36.3. The van der Waals surface area contributed by atoms with Gasteiger partial charge in [-0.1, -0.05) is 24.3 Å². The first-order chi connectivity index (χ1) is 22.4. The lowest BCUT2D eigenvalue weighted by Crippen LogP contribution is -2.42. The third-order valence-electron chi connectivity index (χ3n) is 7.45. The largest absolute Gasteiger partial charge is 0.416 e. The van der Waals surface area contributed by atoms with E-state index in [2.05, 4.69) is 10.3 Å². The molecule has 266 valence electrons. The first kappa shape index (κ1) is 40.4. The Hall–Kier alpha value is -3.76. The fraction of sp³-hybridized carbons (Fsp3) is 0.455. The van der Waals surface area contributed by atoms with E-state index in [1.807, 2.05) is 19.1 Å². The Morgan fingerprint density at radius 1 is 0.771 bits per heavy atom. The van der Waals surface area contributed by atoms with Gasteiger partial charge in [0.05, 0.1) is 54.9 Å². The van der Waals surface area contributed by atoms with Gasteiger partial charge in [-0.3, -0.25) is 4.79 Å². The molecule has 9 nitrogen and oxygen atoms in total. The van der Waals surface area contributed by atoms with Crippen molar-refractivity contribution in [3.8, 4) is 11.1 Å². The molecule has 0 aliphatic rings. The van der Waals surface area contributed by atoms with E-state index < -0.39 is 40.4 Å². The first-order valence-electron chi connectivity index (χ1n) is 15.0. The summed E-state index contributed by atoms with van der Waals surface area (Å²) in [6, 6.07) is 10.0. The molecule has 48 heavy (non-hydrogen) atoms. The number of hydrogen-bond acceptors (Lipinski definition) is 8. The SMILES string of the molecule is Cc1ccccc1-c1cc(N(CCO)CCO)ncc1N(C)C(=O)C(C)(C)c1cc(C(F)(F)F)cc(C(F)(F)F)c1.OCCNCCO. The van der Waals surface area contributed by atoms with Crippen LogP contribution in [0.5, 0.6) is 0 Å². The van der Waals surface area contributed by atoms with Crippen molar-refractivity contribution in [3.63, 3.8) is 0 Å². The predicted octanol–water partition coefficient (Wildman–Crippen LogP) is 4.39. The molecular formula is C33H42F6N4O5. The lowest BCUT2D eigenvalue weighted by molar-refractivity contribution is -0.143. The number of aryl methyl sites for hydroxylation is 1. The molecule has 0 radical (unpaired) electrons. The van der Waals surface area contributed by atoms with Gasteiger partial charge in [0.15, 0.2) is 0 Å². The van der Waals surface area contributed by atoms with Gasteiger partial charge in [-0.15, -0.1) is 0 Å². The second kappa shape index (κ2) is 17.6.